The van der Waals surface area contributed by atoms with E-state index in [1.54, 1.807) is 66.7 Å². The fourth-order valence-electron chi connectivity index (χ4n) is 2.68. The fraction of sp³-hybridized carbons (Fsp3) is 0.0417. The number of rotatable bonds is 7. The lowest BCUT2D eigenvalue weighted by atomic mass is 10.0. The molecule has 0 bridgehead atoms. The second-order valence-corrected chi connectivity index (χ2v) is 6.23. The van der Waals surface area contributed by atoms with Gasteiger partial charge in [-0.2, -0.15) is 5.26 Å². The number of carboxylic acids is 1. The summed E-state index contributed by atoms with van der Waals surface area (Å²) in [6.45, 7) is 0.228. The van der Waals surface area contributed by atoms with Crippen LogP contribution in [0.1, 0.15) is 31.8 Å². The van der Waals surface area contributed by atoms with Gasteiger partial charge in [0, 0.05) is 5.56 Å². The molecule has 0 aliphatic heterocycles. The molecule has 5 heteroatoms. The average Bonchev–Trinajstić information content (AvgIpc) is 2.77. The molecule has 0 aliphatic rings. The highest BCUT2D eigenvalue weighted by Crippen LogP contribution is 2.18. The topological polar surface area (TPSA) is 87.4 Å². The highest BCUT2D eigenvalue weighted by Gasteiger charge is 2.11. The lowest BCUT2D eigenvalue weighted by molar-refractivity contribution is 0.0696. The van der Waals surface area contributed by atoms with Crippen molar-refractivity contribution < 1.29 is 19.4 Å². The number of nitrogens with zero attached hydrogens (tertiary/aromatic N) is 1. The lowest BCUT2D eigenvalue weighted by Crippen LogP contribution is -2.01. The Morgan fingerprint density at radius 3 is 2.28 bits per heavy atom. The molecule has 0 saturated heterocycles. The summed E-state index contributed by atoms with van der Waals surface area (Å²) < 4.78 is 5.68. The van der Waals surface area contributed by atoms with E-state index in [1.807, 2.05) is 12.1 Å². The number of hydrogen-bond acceptors (Lipinski definition) is 4. The Hall–Kier alpha value is -4.17. The Balaban J connectivity index is 1.69. The van der Waals surface area contributed by atoms with Gasteiger partial charge in [0.05, 0.1) is 5.56 Å². The standard InChI is InChI=1S/C24H17NO4/c25-15-21(23(26)19-6-2-1-3-7-19)13-17-9-11-22(12-10-17)29-16-18-5-4-8-20(14-18)24(27)28/h1-14H,16H2,(H,27,28)/b21-13+. The highest BCUT2D eigenvalue weighted by molar-refractivity contribution is 6.14. The molecule has 0 aliphatic carbocycles. The number of allylic oxidation sites excluding steroid dienone is 1. The third-order valence-corrected chi connectivity index (χ3v) is 4.17. The summed E-state index contributed by atoms with van der Waals surface area (Å²) in [6, 6.07) is 24.1. The molecular weight excluding hydrogens is 366 g/mol. The van der Waals surface area contributed by atoms with Crippen molar-refractivity contribution >= 4 is 17.8 Å². The molecule has 3 rings (SSSR count). The Kier molecular flexibility index (Phi) is 6.18. The van der Waals surface area contributed by atoms with Crippen molar-refractivity contribution in [1.29, 1.82) is 5.26 Å². The third kappa shape index (κ3) is 5.18. The van der Waals surface area contributed by atoms with Crippen LogP contribution < -0.4 is 4.74 Å². The lowest BCUT2D eigenvalue weighted by Gasteiger charge is -2.07. The number of nitriles is 1. The van der Waals surface area contributed by atoms with Crippen molar-refractivity contribution in [3.05, 3.63) is 107 Å². The van der Waals surface area contributed by atoms with E-state index in [2.05, 4.69) is 0 Å². The predicted octanol–water partition coefficient (Wildman–Crippen LogP) is 4.75. The van der Waals surface area contributed by atoms with E-state index in [0.29, 0.717) is 16.9 Å². The SMILES string of the molecule is N#C/C(=C\c1ccc(OCc2cccc(C(=O)O)c2)cc1)C(=O)c1ccccc1. The maximum Gasteiger partial charge on any atom is 0.335 e. The minimum Gasteiger partial charge on any atom is -0.489 e. The van der Waals surface area contributed by atoms with Crippen molar-refractivity contribution in [1.82, 2.24) is 0 Å². The molecule has 3 aromatic carbocycles. The molecule has 0 spiro atoms. The zero-order valence-electron chi connectivity index (χ0n) is 15.4. The first-order chi connectivity index (χ1) is 14.1. The molecule has 0 unspecified atom stereocenters. The summed E-state index contributed by atoms with van der Waals surface area (Å²) in [6.07, 6.45) is 1.54. The molecular formula is C24H17NO4. The zero-order chi connectivity index (χ0) is 20.6. The normalized spacial score (nSPS) is 10.8. The molecule has 0 fully saturated rings. The molecule has 0 atom stereocenters. The molecule has 142 valence electrons. The number of carbonyl (C=O) groups excluding carboxylic acids is 1. The van der Waals surface area contributed by atoms with Crippen molar-refractivity contribution in [2.75, 3.05) is 0 Å². The van der Waals surface area contributed by atoms with Gasteiger partial charge >= 0.3 is 5.97 Å². The van der Waals surface area contributed by atoms with Crippen molar-refractivity contribution in [2.45, 2.75) is 6.61 Å². The molecule has 0 saturated carbocycles. The largest absolute Gasteiger partial charge is 0.489 e. The van der Waals surface area contributed by atoms with E-state index in [4.69, 9.17) is 9.84 Å². The quantitative estimate of drug-likeness (QED) is 0.361. The van der Waals surface area contributed by atoms with E-state index < -0.39 is 5.97 Å². The molecule has 29 heavy (non-hydrogen) atoms. The van der Waals surface area contributed by atoms with Gasteiger partial charge in [-0.15, -0.1) is 0 Å². The van der Waals surface area contributed by atoms with Gasteiger partial charge in [-0.05, 0) is 41.5 Å². The number of hydrogen-bond donors (Lipinski definition) is 1. The van der Waals surface area contributed by atoms with Crippen molar-refractivity contribution in [2.24, 2.45) is 0 Å². The summed E-state index contributed by atoms with van der Waals surface area (Å²) in [5.41, 5.74) is 2.16. The maximum absolute atomic E-state index is 12.4. The zero-order valence-corrected chi connectivity index (χ0v) is 15.4. The summed E-state index contributed by atoms with van der Waals surface area (Å²) in [5, 5.41) is 18.4. The molecule has 3 aromatic rings. The van der Waals surface area contributed by atoms with Crippen LogP contribution in [0.15, 0.2) is 84.4 Å². The van der Waals surface area contributed by atoms with Gasteiger partial charge in [0.2, 0.25) is 5.78 Å². The first kappa shape index (κ1) is 19.6. The number of benzene rings is 3. The number of ether oxygens (including phenoxy) is 1. The second-order valence-electron chi connectivity index (χ2n) is 6.23. The summed E-state index contributed by atoms with van der Waals surface area (Å²) >= 11 is 0. The van der Waals surface area contributed by atoms with Gasteiger partial charge < -0.3 is 9.84 Å². The van der Waals surface area contributed by atoms with Crippen LogP contribution in [0.2, 0.25) is 0 Å². The number of aromatic carboxylic acids is 1. The minimum atomic E-state index is -0.985. The van der Waals surface area contributed by atoms with Gasteiger partial charge in [-0.1, -0.05) is 54.6 Å². The molecule has 0 amide bonds. The Labute approximate surface area is 168 Å². The Morgan fingerprint density at radius 2 is 1.62 bits per heavy atom. The summed E-state index contributed by atoms with van der Waals surface area (Å²) in [7, 11) is 0. The van der Waals surface area contributed by atoms with Crippen LogP contribution in [-0.4, -0.2) is 16.9 Å². The average molecular weight is 383 g/mol. The smallest absolute Gasteiger partial charge is 0.335 e. The first-order valence-electron chi connectivity index (χ1n) is 8.83. The Morgan fingerprint density at radius 1 is 0.931 bits per heavy atom. The number of carboxylic acid groups (broad SMARTS) is 1. The molecule has 0 heterocycles. The summed E-state index contributed by atoms with van der Waals surface area (Å²) in [5.74, 6) is -0.719. The number of Topliss-reactive ketones (excluding diaryl/α,β-unsaturated/α-hetero) is 1. The fourth-order valence-corrected chi connectivity index (χ4v) is 2.68. The van der Waals surface area contributed by atoms with E-state index in [0.717, 1.165) is 5.56 Å². The van der Waals surface area contributed by atoms with Gasteiger partial charge in [-0.3, -0.25) is 4.79 Å². The monoisotopic (exact) mass is 383 g/mol. The van der Waals surface area contributed by atoms with Crippen molar-refractivity contribution in [3.8, 4) is 11.8 Å². The van der Waals surface area contributed by atoms with Crippen LogP contribution in [0, 0.1) is 11.3 Å². The van der Waals surface area contributed by atoms with Gasteiger partial charge in [0.15, 0.2) is 0 Å². The van der Waals surface area contributed by atoms with Crippen LogP contribution >= 0.6 is 0 Å². The van der Waals surface area contributed by atoms with Crippen LogP contribution in [-0.2, 0) is 6.61 Å². The van der Waals surface area contributed by atoms with E-state index >= 15 is 0 Å². The molecule has 5 nitrogen and oxygen atoms in total. The van der Waals surface area contributed by atoms with E-state index in [1.165, 1.54) is 12.1 Å². The summed E-state index contributed by atoms with van der Waals surface area (Å²) in [4.78, 5) is 23.4. The van der Waals surface area contributed by atoms with Gasteiger partial charge in [-0.25, -0.2) is 4.79 Å². The van der Waals surface area contributed by atoms with Crippen LogP contribution in [0.5, 0.6) is 5.75 Å². The maximum atomic E-state index is 12.4. The van der Waals surface area contributed by atoms with E-state index in [-0.39, 0.29) is 23.5 Å². The van der Waals surface area contributed by atoms with Crippen LogP contribution in [0.25, 0.3) is 6.08 Å². The molecule has 0 radical (unpaired) electrons. The predicted molar refractivity (Wildman–Crippen MR) is 109 cm³/mol. The van der Waals surface area contributed by atoms with Crippen molar-refractivity contribution in [3.63, 3.8) is 0 Å². The molecule has 1 N–H and O–H groups in total. The first-order valence-corrected chi connectivity index (χ1v) is 8.83. The Bertz CT molecular complexity index is 1090. The van der Waals surface area contributed by atoms with Crippen LogP contribution in [0.4, 0.5) is 0 Å². The van der Waals surface area contributed by atoms with E-state index in [9.17, 15) is 14.9 Å². The number of ketones is 1. The number of carbonyl (C=O) groups is 2. The van der Waals surface area contributed by atoms with Gasteiger partial charge in [0.1, 0.15) is 24.0 Å². The third-order valence-electron chi connectivity index (χ3n) is 4.17. The minimum absolute atomic E-state index is 0.0513. The molecule has 0 aromatic heterocycles. The van der Waals surface area contributed by atoms with Gasteiger partial charge in [0.25, 0.3) is 0 Å². The highest BCUT2D eigenvalue weighted by atomic mass is 16.5. The van der Waals surface area contributed by atoms with Crippen LogP contribution in [0.3, 0.4) is 0 Å². The second kappa shape index (κ2) is 9.16.